The van der Waals surface area contributed by atoms with Gasteiger partial charge in [-0.15, -0.1) is 0 Å². The normalized spacial score (nSPS) is 12.2. The highest BCUT2D eigenvalue weighted by atomic mass is 32.2. The maximum atomic E-state index is 13.8. The van der Waals surface area contributed by atoms with Crippen molar-refractivity contribution in [3.8, 4) is 5.75 Å². The van der Waals surface area contributed by atoms with Crippen LogP contribution in [0.25, 0.3) is 0 Å². The Morgan fingerprint density at radius 2 is 1.66 bits per heavy atom. The van der Waals surface area contributed by atoms with Crippen LogP contribution in [0.3, 0.4) is 0 Å². The van der Waals surface area contributed by atoms with Crippen molar-refractivity contribution >= 4 is 26.0 Å². The van der Waals surface area contributed by atoms with Crippen LogP contribution in [0, 0.1) is 5.82 Å². The van der Waals surface area contributed by atoms with E-state index in [2.05, 4.69) is 5.32 Å². The van der Waals surface area contributed by atoms with Gasteiger partial charge < -0.3 is 10.1 Å². The molecular weight excluding hydrogens is 461 g/mol. The monoisotopic (exact) mass is 487 g/mol. The van der Waals surface area contributed by atoms with Crippen molar-refractivity contribution in [1.82, 2.24) is 13.9 Å². The van der Waals surface area contributed by atoms with Crippen molar-refractivity contribution in [2.45, 2.75) is 11.4 Å². The van der Waals surface area contributed by atoms with E-state index in [-0.39, 0.29) is 30.2 Å². The predicted molar refractivity (Wildman–Crippen MR) is 117 cm³/mol. The minimum atomic E-state index is -3.75. The highest BCUT2D eigenvalue weighted by molar-refractivity contribution is 7.89. The first-order valence-corrected chi connectivity index (χ1v) is 12.8. The second-order valence-corrected chi connectivity index (χ2v) is 11.2. The molecule has 9 nitrogen and oxygen atoms in total. The van der Waals surface area contributed by atoms with Crippen LogP contribution in [0.2, 0.25) is 0 Å². The second kappa shape index (κ2) is 10.9. The van der Waals surface area contributed by atoms with Crippen LogP contribution in [-0.4, -0.2) is 71.4 Å². The van der Waals surface area contributed by atoms with Gasteiger partial charge >= 0.3 is 0 Å². The molecule has 0 aliphatic heterocycles. The highest BCUT2D eigenvalue weighted by Gasteiger charge is 2.21. The molecule has 0 saturated heterocycles. The van der Waals surface area contributed by atoms with E-state index in [0.717, 1.165) is 14.9 Å². The van der Waals surface area contributed by atoms with Gasteiger partial charge in [-0.3, -0.25) is 4.79 Å². The van der Waals surface area contributed by atoms with Gasteiger partial charge in [0, 0.05) is 26.2 Å². The number of benzene rings is 2. The fourth-order valence-electron chi connectivity index (χ4n) is 2.60. The number of nitrogens with one attached hydrogen (secondary N) is 1. The van der Waals surface area contributed by atoms with E-state index in [1.165, 1.54) is 56.6 Å². The van der Waals surface area contributed by atoms with Crippen molar-refractivity contribution in [3.05, 3.63) is 59.9 Å². The summed E-state index contributed by atoms with van der Waals surface area (Å²) >= 11 is 0. The summed E-state index contributed by atoms with van der Waals surface area (Å²) in [6.45, 7) is -0.562. The number of amides is 1. The lowest BCUT2D eigenvalue weighted by molar-refractivity contribution is -0.121. The number of hydrogen-bond donors (Lipinski definition) is 1. The standard InChI is InChI=1S/C20H26FN3O6S2/c1-23(2)32(28,29)18-10-8-17(9-11-18)30-13-12-22-20(25)15-24(31(3,26)27)14-16-6-4-5-7-19(16)21/h4-11H,12-15H2,1-3H3,(H,22,25). The number of rotatable bonds is 11. The van der Waals surface area contributed by atoms with Gasteiger partial charge in [-0.2, -0.15) is 4.31 Å². The molecule has 0 radical (unpaired) electrons. The first kappa shape index (κ1) is 25.7. The van der Waals surface area contributed by atoms with Crippen molar-refractivity contribution in [3.63, 3.8) is 0 Å². The van der Waals surface area contributed by atoms with E-state index in [0.29, 0.717) is 5.75 Å². The number of carbonyl (C=O) groups is 1. The largest absolute Gasteiger partial charge is 0.492 e. The Bertz CT molecular complexity index is 1140. The maximum absolute atomic E-state index is 13.8. The zero-order valence-corrected chi connectivity index (χ0v) is 19.6. The van der Waals surface area contributed by atoms with Gasteiger partial charge in [0.25, 0.3) is 0 Å². The van der Waals surface area contributed by atoms with E-state index in [1.54, 1.807) is 6.07 Å². The van der Waals surface area contributed by atoms with E-state index >= 15 is 0 Å². The van der Waals surface area contributed by atoms with Gasteiger partial charge in [-0.1, -0.05) is 18.2 Å². The summed E-state index contributed by atoms with van der Waals surface area (Å²) in [7, 11) is -4.42. The van der Waals surface area contributed by atoms with Crippen molar-refractivity contribution in [2.75, 3.05) is 40.0 Å². The Morgan fingerprint density at radius 3 is 2.22 bits per heavy atom. The summed E-state index contributed by atoms with van der Waals surface area (Å²) < 4.78 is 69.3. The number of carbonyl (C=O) groups excluding carboxylic acids is 1. The molecule has 0 aliphatic rings. The average molecular weight is 488 g/mol. The van der Waals surface area contributed by atoms with Crippen LogP contribution in [0.5, 0.6) is 5.75 Å². The molecule has 0 saturated carbocycles. The van der Waals surface area contributed by atoms with E-state index in [9.17, 15) is 26.0 Å². The topological polar surface area (TPSA) is 113 Å². The Kier molecular flexibility index (Phi) is 8.73. The summed E-state index contributed by atoms with van der Waals surface area (Å²) in [4.78, 5) is 12.3. The van der Waals surface area contributed by atoms with Crippen LogP contribution >= 0.6 is 0 Å². The fraction of sp³-hybridized carbons (Fsp3) is 0.350. The molecule has 0 bridgehead atoms. The molecule has 2 rings (SSSR count). The highest BCUT2D eigenvalue weighted by Crippen LogP contribution is 2.18. The fourth-order valence-corrected chi connectivity index (χ4v) is 4.23. The van der Waals surface area contributed by atoms with Crippen LogP contribution in [-0.2, 0) is 31.4 Å². The van der Waals surface area contributed by atoms with Crippen molar-refractivity contribution in [2.24, 2.45) is 0 Å². The molecule has 0 aromatic heterocycles. The molecule has 32 heavy (non-hydrogen) atoms. The summed E-state index contributed by atoms with van der Waals surface area (Å²) in [6.07, 6.45) is 0.949. The number of halogens is 1. The predicted octanol–water partition coefficient (Wildman–Crippen LogP) is 1.03. The average Bonchev–Trinajstić information content (AvgIpc) is 2.72. The van der Waals surface area contributed by atoms with Gasteiger partial charge in [-0.25, -0.2) is 25.5 Å². The molecule has 2 aromatic carbocycles. The smallest absolute Gasteiger partial charge is 0.242 e. The Labute approximate surface area is 187 Å². The molecular formula is C20H26FN3O6S2. The lowest BCUT2D eigenvalue weighted by Gasteiger charge is -2.20. The summed E-state index contributed by atoms with van der Waals surface area (Å²) in [6, 6.07) is 11.6. The molecule has 0 atom stereocenters. The van der Waals surface area contributed by atoms with E-state index < -0.39 is 38.3 Å². The Balaban J connectivity index is 1.86. The van der Waals surface area contributed by atoms with Crippen LogP contribution in [0.15, 0.2) is 53.4 Å². The first-order valence-electron chi connectivity index (χ1n) is 9.52. The van der Waals surface area contributed by atoms with E-state index in [4.69, 9.17) is 4.74 Å². The summed E-state index contributed by atoms with van der Waals surface area (Å²) in [5, 5.41) is 2.54. The lowest BCUT2D eigenvalue weighted by Crippen LogP contribution is -2.41. The minimum absolute atomic E-state index is 0.0811. The third-order valence-corrected chi connectivity index (χ3v) is 7.41. The number of ether oxygens (including phenoxy) is 1. The lowest BCUT2D eigenvalue weighted by atomic mass is 10.2. The zero-order chi connectivity index (χ0) is 23.9. The molecule has 2 aromatic rings. The minimum Gasteiger partial charge on any atom is -0.492 e. The van der Waals surface area contributed by atoms with Gasteiger partial charge in [0.05, 0.1) is 24.2 Å². The van der Waals surface area contributed by atoms with Gasteiger partial charge in [-0.05, 0) is 30.3 Å². The molecule has 12 heteroatoms. The molecule has 0 heterocycles. The third-order valence-electron chi connectivity index (χ3n) is 4.39. The SMILES string of the molecule is CN(C)S(=O)(=O)c1ccc(OCCNC(=O)CN(Cc2ccccc2F)S(C)(=O)=O)cc1. The molecule has 1 amide bonds. The quantitative estimate of drug-likeness (QED) is 0.474. The van der Waals surface area contributed by atoms with Crippen LogP contribution < -0.4 is 10.1 Å². The zero-order valence-electron chi connectivity index (χ0n) is 18.0. The molecule has 0 aliphatic carbocycles. The van der Waals surface area contributed by atoms with Gasteiger partial charge in [0.2, 0.25) is 26.0 Å². The summed E-state index contributed by atoms with van der Waals surface area (Å²) in [5.74, 6) is -0.712. The number of sulfonamides is 2. The van der Waals surface area contributed by atoms with Crippen LogP contribution in [0.1, 0.15) is 5.56 Å². The molecule has 176 valence electrons. The van der Waals surface area contributed by atoms with Crippen LogP contribution in [0.4, 0.5) is 4.39 Å². The molecule has 0 spiro atoms. The maximum Gasteiger partial charge on any atom is 0.242 e. The van der Waals surface area contributed by atoms with Crippen molar-refractivity contribution in [1.29, 1.82) is 0 Å². The summed E-state index contributed by atoms with van der Waals surface area (Å²) in [5.41, 5.74) is 0.161. The second-order valence-electron chi connectivity index (χ2n) is 7.08. The number of nitrogens with zero attached hydrogens (tertiary/aromatic N) is 2. The Hall–Kier alpha value is -2.54. The molecule has 1 N–H and O–H groups in total. The van der Waals surface area contributed by atoms with Gasteiger partial charge in [0.1, 0.15) is 18.2 Å². The number of hydrogen-bond acceptors (Lipinski definition) is 6. The van der Waals surface area contributed by atoms with Crippen molar-refractivity contribution < 1.29 is 30.8 Å². The Morgan fingerprint density at radius 1 is 1.03 bits per heavy atom. The van der Waals surface area contributed by atoms with Gasteiger partial charge in [0.15, 0.2) is 0 Å². The molecule has 0 unspecified atom stereocenters. The third kappa shape index (κ3) is 7.26. The first-order chi connectivity index (χ1) is 14.9. The molecule has 0 fully saturated rings. The van der Waals surface area contributed by atoms with E-state index in [1.807, 2.05) is 0 Å².